The topological polar surface area (TPSA) is 95.6 Å². The second kappa shape index (κ2) is 19.5. The summed E-state index contributed by atoms with van der Waals surface area (Å²) in [4.78, 5) is 20.0. The lowest BCUT2D eigenvalue weighted by Crippen LogP contribution is -2.31. The first-order valence-corrected chi connectivity index (χ1v) is 17.0. The maximum Gasteiger partial charge on any atom is 0.258 e. The molecule has 2 unspecified atom stereocenters. The van der Waals surface area contributed by atoms with Gasteiger partial charge in [0.1, 0.15) is 0 Å². The second-order valence-corrected chi connectivity index (χ2v) is 12.4. The van der Waals surface area contributed by atoms with Crippen molar-refractivity contribution >= 4 is 23.9 Å². The summed E-state index contributed by atoms with van der Waals surface area (Å²) in [7, 11) is 1.64. The van der Waals surface area contributed by atoms with Gasteiger partial charge in [-0.1, -0.05) is 42.9 Å². The number of unbranched alkanes of at least 4 members (excludes halogenated alkanes) is 2. The molecule has 48 heavy (non-hydrogen) atoms. The first-order valence-electron chi connectivity index (χ1n) is 17.0. The molecule has 2 atom stereocenters. The Balaban J connectivity index is 1.59. The van der Waals surface area contributed by atoms with Gasteiger partial charge in [0, 0.05) is 29.6 Å². The zero-order valence-electron chi connectivity index (χ0n) is 29.8. The van der Waals surface area contributed by atoms with Crippen LogP contribution in [-0.4, -0.2) is 56.5 Å². The summed E-state index contributed by atoms with van der Waals surface area (Å²) in [5, 5.41) is 0. The van der Waals surface area contributed by atoms with Gasteiger partial charge in [-0.05, 0) is 102 Å². The SMILES string of the molecule is C=Cc1cc(OC)c(OCCCCCOc2cc(C)c(C(=O)N3C=C(C)CC3C=C)cc2OCCCN)cc1N=CC(C)C/C(C)=C\C. The van der Waals surface area contributed by atoms with E-state index in [-0.39, 0.29) is 11.9 Å². The molecule has 1 amide bonds. The molecule has 0 aliphatic carbocycles. The van der Waals surface area contributed by atoms with E-state index in [2.05, 4.69) is 40.0 Å². The van der Waals surface area contributed by atoms with E-state index < -0.39 is 0 Å². The maximum absolute atomic E-state index is 13.5. The summed E-state index contributed by atoms with van der Waals surface area (Å²) in [5.74, 6) is 2.73. The summed E-state index contributed by atoms with van der Waals surface area (Å²) in [6.45, 7) is 20.2. The molecule has 3 rings (SSSR count). The highest BCUT2D eigenvalue weighted by atomic mass is 16.5. The maximum atomic E-state index is 13.5. The Morgan fingerprint density at radius 3 is 2.25 bits per heavy atom. The number of carbonyl (C=O) groups is 1. The predicted molar refractivity (Wildman–Crippen MR) is 198 cm³/mol. The summed E-state index contributed by atoms with van der Waals surface area (Å²) in [5.41, 5.74) is 11.3. The van der Waals surface area contributed by atoms with Crippen LogP contribution in [-0.2, 0) is 0 Å². The lowest BCUT2D eigenvalue weighted by atomic mass is 10.0. The number of rotatable bonds is 20. The van der Waals surface area contributed by atoms with Crippen molar-refractivity contribution in [3.63, 3.8) is 0 Å². The molecule has 0 aromatic heterocycles. The number of allylic oxidation sites excluding steroid dienone is 2. The Morgan fingerprint density at radius 2 is 1.65 bits per heavy atom. The number of ether oxygens (including phenoxy) is 4. The minimum Gasteiger partial charge on any atom is -0.493 e. The van der Waals surface area contributed by atoms with Gasteiger partial charge in [-0.15, -0.1) is 6.58 Å². The molecule has 8 nitrogen and oxygen atoms in total. The van der Waals surface area contributed by atoms with E-state index in [1.165, 1.54) is 5.57 Å². The Bertz CT molecular complexity index is 1490. The molecule has 2 aromatic carbocycles. The average Bonchev–Trinajstić information content (AvgIpc) is 3.47. The summed E-state index contributed by atoms with van der Waals surface area (Å²) in [6, 6.07) is 7.48. The standard InChI is InChI=1S/C40H55N3O5/c1-9-28(4)20-29(5)26-42-35-25-39(36(45-8)23-32(35)10-2)47-18-14-12-13-17-46-37-22-31(7)34(24-38(37)48-19-15-16-41)40(44)43-27-30(6)21-33(43)11-3/h9-11,22-27,29,33H,2-3,12-21,41H2,1,4-8H3/b28-9-,42-26?. The highest BCUT2D eigenvalue weighted by Gasteiger charge is 2.28. The number of nitrogens with two attached hydrogens (primary N) is 1. The quantitative estimate of drug-likeness (QED) is 0.0868. The third-order valence-electron chi connectivity index (χ3n) is 8.32. The van der Waals surface area contributed by atoms with Crippen LogP contribution < -0.4 is 24.7 Å². The van der Waals surface area contributed by atoms with Gasteiger partial charge in [0.05, 0.1) is 38.7 Å². The highest BCUT2D eigenvalue weighted by Crippen LogP contribution is 2.36. The Labute approximate surface area is 288 Å². The zero-order valence-corrected chi connectivity index (χ0v) is 29.8. The van der Waals surface area contributed by atoms with Gasteiger partial charge in [-0.25, -0.2) is 0 Å². The molecule has 0 spiro atoms. The van der Waals surface area contributed by atoms with Crippen LogP contribution in [0.2, 0.25) is 0 Å². The molecule has 1 aliphatic heterocycles. The molecule has 8 heteroatoms. The van der Waals surface area contributed by atoms with E-state index in [0.717, 1.165) is 54.5 Å². The molecule has 2 aromatic rings. The first kappa shape index (κ1) is 38.2. The average molecular weight is 658 g/mol. The minimum atomic E-state index is -0.0757. The molecule has 0 saturated carbocycles. The zero-order chi connectivity index (χ0) is 35.1. The van der Waals surface area contributed by atoms with E-state index >= 15 is 0 Å². The summed E-state index contributed by atoms with van der Waals surface area (Å²) < 4.78 is 24.0. The molecule has 0 fully saturated rings. The van der Waals surface area contributed by atoms with Crippen molar-refractivity contribution in [1.82, 2.24) is 4.90 Å². The molecular formula is C40H55N3O5. The van der Waals surface area contributed by atoms with E-state index in [9.17, 15) is 4.79 Å². The summed E-state index contributed by atoms with van der Waals surface area (Å²) in [6.07, 6.45) is 14.7. The highest BCUT2D eigenvalue weighted by molar-refractivity contribution is 5.97. The number of carbonyl (C=O) groups excluding carboxylic acids is 1. The van der Waals surface area contributed by atoms with Gasteiger partial charge in [-0.2, -0.15) is 0 Å². The number of hydrogen-bond donors (Lipinski definition) is 1. The number of amides is 1. The number of aryl methyl sites for hydroxylation is 1. The second-order valence-electron chi connectivity index (χ2n) is 12.4. The molecule has 1 aliphatic rings. The predicted octanol–water partition coefficient (Wildman–Crippen LogP) is 9.00. The molecule has 1 heterocycles. The van der Waals surface area contributed by atoms with Gasteiger partial charge in [0.15, 0.2) is 23.0 Å². The molecule has 0 bridgehead atoms. The van der Waals surface area contributed by atoms with E-state index in [1.54, 1.807) is 24.2 Å². The van der Waals surface area contributed by atoms with Crippen molar-refractivity contribution < 1.29 is 23.7 Å². The normalized spacial score (nSPS) is 15.3. The first-order chi connectivity index (χ1) is 23.1. The minimum absolute atomic E-state index is 0.0482. The number of benzene rings is 2. The smallest absolute Gasteiger partial charge is 0.258 e. The summed E-state index contributed by atoms with van der Waals surface area (Å²) >= 11 is 0. The number of nitrogens with zero attached hydrogens (tertiary/aromatic N) is 2. The third-order valence-corrected chi connectivity index (χ3v) is 8.32. The third kappa shape index (κ3) is 10.9. The van der Waals surface area contributed by atoms with E-state index in [1.807, 2.05) is 50.5 Å². The van der Waals surface area contributed by atoms with Crippen molar-refractivity contribution in [3.8, 4) is 23.0 Å². The van der Waals surface area contributed by atoms with Crippen molar-refractivity contribution in [2.45, 2.75) is 79.2 Å². The fourth-order valence-corrected chi connectivity index (χ4v) is 5.49. The largest absolute Gasteiger partial charge is 0.493 e. The monoisotopic (exact) mass is 657 g/mol. The Hall–Kier alpha value is -4.30. The van der Waals surface area contributed by atoms with Crippen molar-refractivity contribution in [2.24, 2.45) is 16.6 Å². The van der Waals surface area contributed by atoms with Crippen LogP contribution >= 0.6 is 0 Å². The van der Waals surface area contributed by atoms with Crippen LogP contribution in [0.4, 0.5) is 5.69 Å². The van der Waals surface area contributed by atoms with Crippen LogP contribution in [0.3, 0.4) is 0 Å². The lowest BCUT2D eigenvalue weighted by Gasteiger charge is -2.23. The van der Waals surface area contributed by atoms with Crippen LogP contribution in [0.1, 0.15) is 87.7 Å². The molecular weight excluding hydrogens is 602 g/mol. The Kier molecular flexibility index (Phi) is 15.5. The fourth-order valence-electron chi connectivity index (χ4n) is 5.49. The van der Waals surface area contributed by atoms with Crippen LogP contribution in [0.25, 0.3) is 6.08 Å². The molecule has 0 radical (unpaired) electrons. The van der Waals surface area contributed by atoms with Crippen LogP contribution in [0, 0.1) is 12.8 Å². The van der Waals surface area contributed by atoms with Crippen molar-refractivity contribution in [3.05, 3.63) is 83.6 Å². The number of methoxy groups -OCH3 is 1. The van der Waals surface area contributed by atoms with Gasteiger partial charge < -0.3 is 29.6 Å². The van der Waals surface area contributed by atoms with E-state index in [0.29, 0.717) is 67.3 Å². The fraction of sp³-hybridized carbons (Fsp3) is 0.450. The van der Waals surface area contributed by atoms with Gasteiger partial charge in [0.2, 0.25) is 0 Å². The lowest BCUT2D eigenvalue weighted by molar-refractivity contribution is 0.0805. The molecule has 0 saturated heterocycles. The van der Waals surface area contributed by atoms with E-state index in [4.69, 9.17) is 29.7 Å². The van der Waals surface area contributed by atoms with Crippen LogP contribution in [0.5, 0.6) is 23.0 Å². The van der Waals surface area contributed by atoms with Gasteiger partial charge in [-0.3, -0.25) is 9.79 Å². The molecule has 260 valence electrons. The van der Waals surface area contributed by atoms with Crippen LogP contribution in [0.15, 0.2) is 71.9 Å². The van der Waals surface area contributed by atoms with Crippen molar-refractivity contribution in [1.29, 1.82) is 0 Å². The molecule has 2 N–H and O–H groups in total. The number of hydrogen-bond acceptors (Lipinski definition) is 7. The Morgan fingerprint density at radius 1 is 1.00 bits per heavy atom. The van der Waals surface area contributed by atoms with Crippen molar-refractivity contribution in [2.75, 3.05) is 33.5 Å². The van der Waals surface area contributed by atoms with Gasteiger partial charge in [0.25, 0.3) is 5.91 Å². The number of aliphatic imine (C=N–C) groups is 1. The van der Waals surface area contributed by atoms with Gasteiger partial charge >= 0.3 is 0 Å².